The summed E-state index contributed by atoms with van der Waals surface area (Å²) in [5.74, 6) is -1.06. The van der Waals surface area contributed by atoms with Gasteiger partial charge >= 0.3 is 5.97 Å². The second kappa shape index (κ2) is 6.06. The highest BCUT2D eigenvalue weighted by atomic mass is 16.5. The Morgan fingerprint density at radius 2 is 2.12 bits per heavy atom. The summed E-state index contributed by atoms with van der Waals surface area (Å²) in [6, 6.07) is 7.65. The molecule has 2 aliphatic rings. The first kappa shape index (κ1) is 17.0. The van der Waals surface area contributed by atoms with E-state index in [1.165, 1.54) is 0 Å². The summed E-state index contributed by atoms with van der Waals surface area (Å²) in [5, 5.41) is 10.6. The van der Waals surface area contributed by atoms with Crippen LogP contribution >= 0.6 is 0 Å². The van der Waals surface area contributed by atoms with Crippen molar-refractivity contribution in [2.24, 2.45) is 11.3 Å². The topological polar surface area (TPSA) is 79.7 Å². The third-order valence-electron chi connectivity index (χ3n) is 5.70. The van der Waals surface area contributed by atoms with Crippen LogP contribution in [0.3, 0.4) is 0 Å². The van der Waals surface area contributed by atoms with Crippen LogP contribution in [0.4, 0.5) is 0 Å². The first-order chi connectivity index (χ1) is 12.4. The molecule has 26 heavy (non-hydrogen) atoms. The highest BCUT2D eigenvalue weighted by Crippen LogP contribution is 2.42. The highest BCUT2D eigenvalue weighted by Gasteiger charge is 2.55. The normalized spacial score (nSPS) is 25.3. The first-order valence-electron chi connectivity index (χ1n) is 8.89. The largest absolute Gasteiger partial charge is 0.481 e. The number of fused-ring (bicyclic) bond motifs is 2. The summed E-state index contributed by atoms with van der Waals surface area (Å²) in [6.45, 7) is 5.25. The van der Waals surface area contributed by atoms with Crippen molar-refractivity contribution in [3.8, 4) is 0 Å². The molecule has 1 N–H and O–H groups in total. The Balaban J connectivity index is 1.73. The Hall–Kier alpha value is -2.47. The number of aliphatic carboxylic acids is 1. The summed E-state index contributed by atoms with van der Waals surface area (Å²) < 4.78 is 5.46. The number of hydrogen-bond donors (Lipinski definition) is 1. The van der Waals surface area contributed by atoms with Crippen molar-refractivity contribution in [3.05, 3.63) is 41.1 Å². The Morgan fingerprint density at radius 3 is 2.85 bits per heavy atom. The SMILES string of the molecule is Cc1ccc2c(C(=O)N3C[C@@H]4CCOC[C@]4(C(=O)O)C3)cc(C)nc2c1. The van der Waals surface area contributed by atoms with Gasteiger partial charge in [-0.3, -0.25) is 14.6 Å². The number of ether oxygens (including phenoxy) is 1. The number of likely N-dealkylation sites (tertiary alicyclic amines) is 1. The number of pyridine rings is 1. The molecule has 3 heterocycles. The number of aryl methyl sites for hydroxylation is 2. The zero-order chi connectivity index (χ0) is 18.5. The molecule has 2 aliphatic heterocycles. The molecule has 0 spiro atoms. The average Bonchev–Trinajstić information content (AvgIpc) is 3.01. The van der Waals surface area contributed by atoms with E-state index in [0.717, 1.165) is 22.2 Å². The molecule has 2 aromatic rings. The molecular weight excluding hydrogens is 332 g/mol. The molecule has 4 rings (SSSR count). The van der Waals surface area contributed by atoms with Crippen LogP contribution in [0.2, 0.25) is 0 Å². The first-order valence-corrected chi connectivity index (χ1v) is 8.89. The zero-order valence-electron chi connectivity index (χ0n) is 15.0. The van der Waals surface area contributed by atoms with Crippen LogP contribution in [0.15, 0.2) is 24.3 Å². The fourth-order valence-electron chi connectivity index (χ4n) is 4.26. The minimum Gasteiger partial charge on any atom is -0.481 e. The van der Waals surface area contributed by atoms with E-state index in [2.05, 4.69) is 4.98 Å². The standard InChI is InChI=1S/C20H22N2O4/c1-12-3-4-15-16(8-13(2)21-17(15)7-12)18(23)22-9-14-5-6-26-11-20(14,10-22)19(24)25/h3-4,7-8,14H,5-6,9-11H2,1-2H3,(H,24,25)/t14-,20+/m0/s1. The lowest BCUT2D eigenvalue weighted by molar-refractivity contribution is -0.159. The van der Waals surface area contributed by atoms with E-state index in [-0.39, 0.29) is 25.0 Å². The molecule has 2 saturated heterocycles. The van der Waals surface area contributed by atoms with E-state index in [4.69, 9.17) is 4.74 Å². The molecule has 0 saturated carbocycles. The number of benzene rings is 1. The summed E-state index contributed by atoms with van der Waals surface area (Å²) >= 11 is 0. The smallest absolute Gasteiger partial charge is 0.314 e. The number of carboxylic acids is 1. The number of hydrogen-bond acceptors (Lipinski definition) is 4. The van der Waals surface area contributed by atoms with Crippen LogP contribution in [-0.2, 0) is 9.53 Å². The molecule has 0 radical (unpaired) electrons. The van der Waals surface area contributed by atoms with Crippen molar-refractivity contribution >= 4 is 22.8 Å². The van der Waals surface area contributed by atoms with Crippen molar-refractivity contribution < 1.29 is 19.4 Å². The van der Waals surface area contributed by atoms with Crippen molar-refractivity contribution in [1.82, 2.24) is 9.88 Å². The van der Waals surface area contributed by atoms with E-state index in [1.54, 1.807) is 11.0 Å². The molecule has 1 aromatic heterocycles. The van der Waals surface area contributed by atoms with Crippen molar-refractivity contribution in [2.45, 2.75) is 20.3 Å². The number of carbonyl (C=O) groups is 2. The molecule has 6 nitrogen and oxygen atoms in total. The number of rotatable bonds is 2. The fraction of sp³-hybridized carbons (Fsp3) is 0.450. The number of aromatic nitrogens is 1. The van der Waals surface area contributed by atoms with Gasteiger partial charge in [0.2, 0.25) is 0 Å². The number of amides is 1. The Morgan fingerprint density at radius 1 is 1.31 bits per heavy atom. The number of carbonyl (C=O) groups excluding carboxylic acids is 1. The van der Waals surface area contributed by atoms with Gasteiger partial charge in [0.15, 0.2) is 0 Å². The van der Waals surface area contributed by atoms with Crippen molar-refractivity contribution in [3.63, 3.8) is 0 Å². The molecule has 2 atom stereocenters. The minimum absolute atomic E-state index is 0.0610. The summed E-state index contributed by atoms with van der Waals surface area (Å²) in [6.07, 6.45) is 0.672. The Bertz CT molecular complexity index is 905. The lowest BCUT2D eigenvalue weighted by Gasteiger charge is -2.33. The Labute approximate surface area is 151 Å². The van der Waals surface area contributed by atoms with Crippen LogP contribution in [0.25, 0.3) is 10.9 Å². The van der Waals surface area contributed by atoms with E-state index in [9.17, 15) is 14.7 Å². The van der Waals surface area contributed by atoms with Crippen LogP contribution in [-0.4, -0.2) is 53.2 Å². The molecule has 6 heteroatoms. The van der Waals surface area contributed by atoms with Gasteiger partial charge in [0.1, 0.15) is 5.41 Å². The predicted molar refractivity (Wildman–Crippen MR) is 96.1 cm³/mol. The second-order valence-corrected chi connectivity index (χ2v) is 7.52. The summed E-state index contributed by atoms with van der Waals surface area (Å²) in [7, 11) is 0. The zero-order valence-corrected chi connectivity index (χ0v) is 15.0. The van der Waals surface area contributed by atoms with Gasteiger partial charge in [-0.2, -0.15) is 0 Å². The van der Waals surface area contributed by atoms with Gasteiger partial charge < -0.3 is 14.7 Å². The quantitative estimate of drug-likeness (QED) is 0.896. The van der Waals surface area contributed by atoms with Gasteiger partial charge in [-0.25, -0.2) is 0 Å². The van der Waals surface area contributed by atoms with Gasteiger partial charge in [-0.15, -0.1) is 0 Å². The van der Waals surface area contributed by atoms with E-state index in [1.807, 2.05) is 32.0 Å². The van der Waals surface area contributed by atoms with Crippen molar-refractivity contribution in [1.29, 1.82) is 0 Å². The van der Waals surface area contributed by atoms with Gasteiger partial charge in [0.05, 0.1) is 17.7 Å². The Kier molecular flexibility index (Phi) is 3.95. The molecular formula is C20H22N2O4. The summed E-state index contributed by atoms with van der Waals surface area (Å²) in [5.41, 5.74) is 2.26. The molecule has 1 amide bonds. The minimum atomic E-state index is -0.984. The van der Waals surface area contributed by atoms with Crippen LogP contribution in [0, 0.1) is 25.2 Å². The van der Waals surface area contributed by atoms with Gasteiger partial charge in [0.25, 0.3) is 5.91 Å². The van der Waals surface area contributed by atoms with E-state index in [0.29, 0.717) is 25.1 Å². The van der Waals surface area contributed by atoms with Gasteiger partial charge in [-0.1, -0.05) is 12.1 Å². The number of nitrogens with zero attached hydrogens (tertiary/aromatic N) is 2. The third kappa shape index (κ3) is 2.56. The van der Waals surface area contributed by atoms with E-state index >= 15 is 0 Å². The molecule has 0 aliphatic carbocycles. The number of carboxylic acid groups (broad SMARTS) is 1. The molecule has 0 unspecified atom stereocenters. The van der Waals surface area contributed by atoms with Crippen LogP contribution in [0.1, 0.15) is 28.0 Å². The summed E-state index contributed by atoms with van der Waals surface area (Å²) in [4.78, 5) is 31.4. The predicted octanol–water partition coefficient (Wildman–Crippen LogP) is 2.41. The maximum atomic E-state index is 13.3. The van der Waals surface area contributed by atoms with Gasteiger partial charge in [0, 0.05) is 30.8 Å². The maximum Gasteiger partial charge on any atom is 0.314 e. The third-order valence-corrected chi connectivity index (χ3v) is 5.70. The van der Waals surface area contributed by atoms with Crippen LogP contribution in [0.5, 0.6) is 0 Å². The molecule has 2 fully saturated rings. The molecule has 0 bridgehead atoms. The fourth-order valence-corrected chi connectivity index (χ4v) is 4.26. The van der Waals surface area contributed by atoms with Crippen LogP contribution < -0.4 is 0 Å². The average molecular weight is 354 g/mol. The lowest BCUT2D eigenvalue weighted by Crippen LogP contribution is -2.46. The lowest BCUT2D eigenvalue weighted by atomic mass is 9.76. The van der Waals surface area contributed by atoms with E-state index < -0.39 is 11.4 Å². The maximum absolute atomic E-state index is 13.3. The molecule has 1 aromatic carbocycles. The van der Waals surface area contributed by atoms with Gasteiger partial charge in [-0.05, 0) is 43.9 Å². The van der Waals surface area contributed by atoms with Crippen molar-refractivity contribution in [2.75, 3.05) is 26.3 Å². The second-order valence-electron chi connectivity index (χ2n) is 7.52. The molecule has 136 valence electrons. The monoisotopic (exact) mass is 354 g/mol. The highest BCUT2D eigenvalue weighted by molar-refractivity contribution is 6.06.